The largest absolute Gasteiger partial charge is 0.463 e. The number of esters is 1. The topological polar surface area (TPSA) is 46.6 Å². The van der Waals surface area contributed by atoms with E-state index in [1.165, 1.54) is 0 Å². The molecule has 21 heavy (non-hydrogen) atoms. The van der Waals surface area contributed by atoms with Crippen LogP contribution >= 0.6 is 0 Å². The number of carbonyl (C=O) groups excluding carboxylic acids is 2. The lowest BCUT2D eigenvalue weighted by Gasteiger charge is -2.31. The van der Waals surface area contributed by atoms with Gasteiger partial charge in [-0.15, -0.1) is 0 Å². The smallest absolute Gasteiger partial charge is 0.336 e. The highest BCUT2D eigenvalue weighted by Crippen LogP contribution is 2.40. The summed E-state index contributed by atoms with van der Waals surface area (Å²) in [5.41, 5.74) is 2.56. The highest BCUT2D eigenvalue weighted by Gasteiger charge is 2.40. The van der Waals surface area contributed by atoms with Crippen molar-refractivity contribution in [3.8, 4) is 0 Å². The van der Waals surface area contributed by atoms with Gasteiger partial charge in [-0.1, -0.05) is 30.3 Å². The van der Waals surface area contributed by atoms with Gasteiger partial charge in [0.05, 0.1) is 12.2 Å². The zero-order chi connectivity index (χ0) is 14.8. The van der Waals surface area contributed by atoms with Crippen molar-refractivity contribution in [1.82, 2.24) is 4.90 Å². The number of hydrogen-bond acceptors (Lipinski definition) is 3. The summed E-state index contributed by atoms with van der Waals surface area (Å²) in [6, 6.07) is 9.76. The van der Waals surface area contributed by atoms with Crippen molar-refractivity contribution in [1.29, 1.82) is 0 Å². The van der Waals surface area contributed by atoms with Crippen molar-refractivity contribution in [3.05, 3.63) is 47.2 Å². The number of fused-ring (bicyclic) bond motifs is 1. The van der Waals surface area contributed by atoms with Crippen LogP contribution in [0.5, 0.6) is 0 Å². The molecule has 2 aliphatic rings. The van der Waals surface area contributed by atoms with Gasteiger partial charge in [0.1, 0.15) is 0 Å². The molecule has 4 nitrogen and oxygen atoms in total. The van der Waals surface area contributed by atoms with Gasteiger partial charge in [0.15, 0.2) is 0 Å². The average molecular weight is 285 g/mol. The molecule has 1 saturated heterocycles. The van der Waals surface area contributed by atoms with Crippen LogP contribution in [0.1, 0.15) is 37.7 Å². The standard InChI is InChI=1S/C17H19NO3/c1-2-21-17(20)16-13(12-7-4-3-5-8-12)11-15(19)18-10-6-9-14(16)18/h3-5,7-8,13H,2,6,9-11H2,1H3. The van der Waals surface area contributed by atoms with E-state index in [0.29, 0.717) is 18.6 Å². The van der Waals surface area contributed by atoms with E-state index in [9.17, 15) is 9.59 Å². The van der Waals surface area contributed by atoms with E-state index in [2.05, 4.69) is 0 Å². The summed E-state index contributed by atoms with van der Waals surface area (Å²) in [4.78, 5) is 26.5. The molecule has 0 bridgehead atoms. The third-order valence-corrected chi connectivity index (χ3v) is 4.16. The number of hydrogen-bond donors (Lipinski definition) is 0. The molecule has 110 valence electrons. The molecule has 0 aliphatic carbocycles. The SMILES string of the molecule is CCOC(=O)C1=C2CCCN2C(=O)CC1c1ccccc1. The minimum Gasteiger partial charge on any atom is -0.463 e. The lowest BCUT2D eigenvalue weighted by molar-refractivity contribution is -0.139. The highest BCUT2D eigenvalue weighted by molar-refractivity contribution is 5.96. The Morgan fingerprint density at radius 2 is 2.10 bits per heavy atom. The molecule has 1 fully saturated rings. The van der Waals surface area contributed by atoms with E-state index < -0.39 is 0 Å². The van der Waals surface area contributed by atoms with Crippen LogP contribution in [-0.4, -0.2) is 29.9 Å². The van der Waals surface area contributed by atoms with Crippen LogP contribution in [0.15, 0.2) is 41.6 Å². The zero-order valence-electron chi connectivity index (χ0n) is 12.2. The first kappa shape index (κ1) is 13.9. The predicted molar refractivity (Wildman–Crippen MR) is 78.4 cm³/mol. The van der Waals surface area contributed by atoms with E-state index in [1.807, 2.05) is 30.3 Å². The summed E-state index contributed by atoms with van der Waals surface area (Å²) in [7, 11) is 0. The van der Waals surface area contributed by atoms with Crippen LogP contribution in [0.4, 0.5) is 0 Å². The molecule has 0 spiro atoms. The van der Waals surface area contributed by atoms with E-state index in [4.69, 9.17) is 4.74 Å². The van der Waals surface area contributed by atoms with Gasteiger partial charge in [0.25, 0.3) is 0 Å². The summed E-state index contributed by atoms with van der Waals surface area (Å²) in [5, 5.41) is 0. The van der Waals surface area contributed by atoms with Crippen LogP contribution in [0, 0.1) is 0 Å². The molecule has 3 rings (SSSR count). The third kappa shape index (κ3) is 2.46. The van der Waals surface area contributed by atoms with Crippen molar-refractivity contribution < 1.29 is 14.3 Å². The summed E-state index contributed by atoms with van der Waals surface area (Å²) in [6.07, 6.45) is 2.05. The molecule has 0 aromatic heterocycles. The lowest BCUT2D eigenvalue weighted by atomic mass is 9.83. The molecule has 0 N–H and O–H groups in total. The monoisotopic (exact) mass is 285 g/mol. The Kier molecular flexibility index (Phi) is 3.78. The predicted octanol–water partition coefficient (Wildman–Crippen LogP) is 2.61. The maximum Gasteiger partial charge on any atom is 0.336 e. The van der Waals surface area contributed by atoms with Gasteiger partial charge in [-0.05, 0) is 25.3 Å². The number of rotatable bonds is 3. The number of nitrogens with zero attached hydrogens (tertiary/aromatic N) is 1. The van der Waals surface area contributed by atoms with Crippen LogP contribution in [0.25, 0.3) is 0 Å². The fourth-order valence-electron chi connectivity index (χ4n) is 3.26. The van der Waals surface area contributed by atoms with Crippen LogP contribution in [-0.2, 0) is 14.3 Å². The number of amides is 1. The minimum absolute atomic E-state index is 0.115. The van der Waals surface area contributed by atoms with Crippen molar-refractivity contribution in [2.24, 2.45) is 0 Å². The number of ether oxygens (including phenoxy) is 1. The molecular formula is C17H19NO3. The zero-order valence-corrected chi connectivity index (χ0v) is 12.2. The Labute approximate surface area is 124 Å². The Morgan fingerprint density at radius 3 is 2.81 bits per heavy atom. The fourth-order valence-corrected chi connectivity index (χ4v) is 3.26. The number of benzene rings is 1. The molecule has 0 saturated carbocycles. The van der Waals surface area contributed by atoms with Gasteiger partial charge in [-0.3, -0.25) is 4.79 Å². The molecule has 1 amide bonds. The van der Waals surface area contributed by atoms with Gasteiger partial charge in [0, 0.05) is 24.6 Å². The molecule has 2 aliphatic heterocycles. The molecule has 1 aromatic rings. The van der Waals surface area contributed by atoms with Gasteiger partial charge in [-0.2, -0.15) is 0 Å². The van der Waals surface area contributed by atoms with E-state index in [1.54, 1.807) is 11.8 Å². The van der Waals surface area contributed by atoms with Crippen molar-refractivity contribution in [2.75, 3.05) is 13.2 Å². The van der Waals surface area contributed by atoms with Gasteiger partial charge < -0.3 is 9.64 Å². The Hall–Kier alpha value is -2.10. The summed E-state index contributed by atoms with van der Waals surface area (Å²) >= 11 is 0. The molecule has 1 atom stereocenters. The second-order valence-electron chi connectivity index (χ2n) is 5.40. The number of carbonyl (C=O) groups is 2. The molecule has 1 unspecified atom stereocenters. The third-order valence-electron chi connectivity index (χ3n) is 4.16. The second-order valence-corrected chi connectivity index (χ2v) is 5.40. The molecular weight excluding hydrogens is 266 g/mol. The second kappa shape index (κ2) is 5.72. The van der Waals surface area contributed by atoms with Crippen molar-refractivity contribution in [3.63, 3.8) is 0 Å². The van der Waals surface area contributed by atoms with E-state index >= 15 is 0 Å². The Morgan fingerprint density at radius 1 is 1.33 bits per heavy atom. The summed E-state index contributed by atoms with van der Waals surface area (Å²) in [5.74, 6) is -0.341. The maximum absolute atomic E-state index is 12.4. The van der Waals surface area contributed by atoms with E-state index in [-0.39, 0.29) is 17.8 Å². The first-order chi connectivity index (χ1) is 10.2. The Balaban J connectivity index is 2.07. The normalized spacial score (nSPS) is 21.5. The fraction of sp³-hybridized carbons (Fsp3) is 0.412. The highest BCUT2D eigenvalue weighted by atomic mass is 16.5. The molecule has 0 radical (unpaired) electrons. The molecule has 4 heteroatoms. The molecule has 1 aromatic carbocycles. The lowest BCUT2D eigenvalue weighted by Crippen LogP contribution is -2.36. The van der Waals surface area contributed by atoms with Crippen molar-refractivity contribution in [2.45, 2.75) is 32.1 Å². The number of allylic oxidation sites excluding steroid dienone is 1. The van der Waals surface area contributed by atoms with Crippen molar-refractivity contribution >= 4 is 11.9 Å². The first-order valence-corrected chi connectivity index (χ1v) is 7.47. The van der Waals surface area contributed by atoms with Gasteiger partial charge in [-0.25, -0.2) is 4.79 Å². The summed E-state index contributed by atoms with van der Waals surface area (Å²) < 4.78 is 5.24. The van der Waals surface area contributed by atoms with E-state index in [0.717, 1.165) is 30.6 Å². The maximum atomic E-state index is 12.4. The van der Waals surface area contributed by atoms with Gasteiger partial charge in [0.2, 0.25) is 5.91 Å². The van der Waals surface area contributed by atoms with Crippen LogP contribution in [0.2, 0.25) is 0 Å². The van der Waals surface area contributed by atoms with Crippen LogP contribution < -0.4 is 0 Å². The summed E-state index contributed by atoms with van der Waals surface area (Å²) in [6.45, 7) is 2.88. The van der Waals surface area contributed by atoms with Crippen LogP contribution in [0.3, 0.4) is 0 Å². The molecule has 2 heterocycles. The van der Waals surface area contributed by atoms with Gasteiger partial charge >= 0.3 is 5.97 Å². The quantitative estimate of drug-likeness (QED) is 0.802. The Bertz CT molecular complexity index is 591. The minimum atomic E-state index is -0.277. The average Bonchev–Trinajstić information content (AvgIpc) is 2.98. The first-order valence-electron chi connectivity index (χ1n) is 7.47.